The van der Waals surface area contributed by atoms with E-state index in [1.165, 1.54) is 0 Å². The van der Waals surface area contributed by atoms with Crippen molar-refractivity contribution in [1.29, 1.82) is 0 Å². The number of carbonyl (C=O) groups is 1. The summed E-state index contributed by atoms with van der Waals surface area (Å²) in [6, 6.07) is 11.1. The number of aromatic nitrogens is 2. The third kappa shape index (κ3) is 3.41. The highest BCUT2D eigenvalue weighted by molar-refractivity contribution is 7.22. The first-order valence-electron chi connectivity index (χ1n) is 9.80. The van der Waals surface area contributed by atoms with Crippen LogP contribution in [0.3, 0.4) is 0 Å². The molecule has 9 heteroatoms. The Morgan fingerprint density at radius 2 is 2.03 bits per heavy atom. The largest absolute Gasteiger partial charge is 0.492 e. The standard InChI is InChI=1S/C21H20N4O4S/c1-2-27-16-5-3-7-18-19(16)22-21(30-18)25-10-8-24(9-11-25)20(26)14-13-17(29-23-14)15-6-4-12-28-15/h3-7,12-13H,2,8-11H2,1H3. The molecule has 0 saturated carbocycles. The van der Waals surface area contributed by atoms with E-state index in [9.17, 15) is 4.79 Å². The van der Waals surface area contributed by atoms with E-state index in [2.05, 4.69) is 16.1 Å². The van der Waals surface area contributed by atoms with Crippen LogP contribution in [0.4, 0.5) is 5.13 Å². The molecule has 0 bridgehead atoms. The summed E-state index contributed by atoms with van der Waals surface area (Å²) in [6.07, 6.45) is 1.55. The molecule has 4 aromatic rings. The fourth-order valence-corrected chi connectivity index (χ4v) is 4.53. The minimum atomic E-state index is -0.140. The van der Waals surface area contributed by atoms with Crippen molar-refractivity contribution >= 4 is 32.6 Å². The zero-order valence-corrected chi connectivity index (χ0v) is 17.2. The van der Waals surface area contributed by atoms with Gasteiger partial charge in [0, 0.05) is 32.2 Å². The Bertz CT molecular complexity index is 1160. The van der Waals surface area contributed by atoms with Crippen molar-refractivity contribution in [2.24, 2.45) is 0 Å². The Balaban J connectivity index is 1.27. The maximum atomic E-state index is 12.8. The van der Waals surface area contributed by atoms with Gasteiger partial charge in [-0.05, 0) is 31.2 Å². The third-order valence-electron chi connectivity index (χ3n) is 5.00. The second-order valence-electron chi connectivity index (χ2n) is 6.87. The molecule has 0 N–H and O–H groups in total. The molecule has 0 unspecified atom stereocenters. The molecule has 0 radical (unpaired) electrons. The molecule has 1 aliphatic rings. The zero-order chi connectivity index (χ0) is 20.5. The molecule has 0 atom stereocenters. The third-order valence-corrected chi connectivity index (χ3v) is 6.08. The summed E-state index contributed by atoms with van der Waals surface area (Å²) in [5.74, 6) is 1.67. The second-order valence-corrected chi connectivity index (χ2v) is 7.87. The summed E-state index contributed by atoms with van der Waals surface area (Å²) < 4.78 is 17.3. The van der Waals surface area contributed by atoms with Gasteiger partial charge in [0.1, 0.15) is 11.3 Å². The van der Waals surface area contributed by atoms with Crippen molar-refractivity contribution in [2.75, 3.05) is 37.7 Å². The zero-order valence-electron chi connectivity index (χ0n) is 16.4. The number of hydrogen-bond donors (Lipinski definition) is 0. The van der Waals surface area contributed by atoms with E-state index in [4.69, 9.17) is 18.7 Å². The quantitative estimate of drug-likeness (QED) is 0.480. The number of anilines is 1. The van der Waals surface area contributed by atoms with Gasteiger partial charge in [0.15, 0.2) is 16.6 Å². The summed E-state index contributed by atoms with van der Waals surface area (Å²) in [5.41, 5.74) is 1.18. The van der Waals surface area contributed by atoms with Crippen LogP contribution in [0.25, 0.3) is 21.7 Å². The van der Waals surface area contributed by atoms with Gasteiger partial charge in [-0.1, -0.05) is 22.6 Å². The first kappa shape index (κ1) is 18.7. The molecule has 1 saturated heterocycles. The lowest BCUT2D eigenvalue weighted by Crippen LogP contribution is -2.48. The number of rotatable bonds is 5. The molecule has 4 heterocycles. The molecule has 0 spiro atoms. The highest BCUT2D eigenvalue weighted by Gasteiger charge is 2.26. The number of ether oxygens (including phenoxy) is 1. The molecule has 1 amide bonds. The van der Waals surface area contributed by atoms with E-state index >= 15 is 0 Å². The molecule has 154 valence electrons. The topological polar surface area (TPSA) is 84.8 Å². The second kappa shape index (κ2) is 7.83. The number of nitrogens with zero attached hydrogens (tertiary/aromatic N) is 4. The lowest BCUT2D eigenvalue weighted by Gasteiger charge is -2.34. The molecule has 1 fully saturated rings. The molecule has 1 aromatic carbocycles. The van der Waals surface area contributed by atoms with E-state index in [0.717, 1.165) is 21.1 Å². The number of thiazole rings is 1. The average molecular weight is 424 g/mol. The Kier molecular flexibility index (Phi) is 4.88. The molecule has 30 heavy (non-hydrogen) atoms. The normalized spacial score (nSPS) is 14.4. The Hall–Kier alpha value is -3.33. The Labute approximate surface area is 176 Å². The van der Waals surface area contributed by atoms with Gasteiger partial charge in [-0.3, -0.25) is 4.79 Å². The minimum absolute atomic E-state index is 0.140. The molecule has 3 aromatic heterocycles. The van der Waals surface area contributed by atoms with Crippen molar-refractivity contribution < 1.29 is 18.5 Å². The van der Waals surface area contributed by atoms with Crippen molar-refractivity contribution in [3.05, 3.63) is 48.4 Å². The lowest BCUT2D eigenvalue weighted by molar-refractivity contribution is 0.0736. The van der Waals surface area contributed by atoms with E-state index in [-0.39, 0.29) is 11.6 Å². The van der Waals surface area contributed by atoms with Gasteiger partial charge in [-0.25, -0.2) is 4.98 Å². The van der Waals surface area contributed by atoms with Crippen LogP contribution in [0.15, 0.2) is 51.6 Å². The molecule has 5 rings (SSSR count). The van der Waals surface area contributed by atoms with Crippen molar-refractivity contribution in [1.82, 2.24) is 15.0 Å². The number of piperazine rings is 1. The first-order valence-corrected chi connectivity index (χ1v) is 10.6. The molecular weight excluding hydrogens is 404 g/mol. The summed E-state index contributed by atoms with van der Waals surface area (Å²) in [7, 11) is 0. The van der Waals surface area contributed by atoms with Crippen LogP contribution in [0.5, 0.6) is 5.75 Å². The van der Waals surface area contributed by atoms with Crippen molar-refractivity contribution in [2.45, 2.75) is 6.92 Å². The number of fused-ring (bicyclic) bond motifs is 1. The fourth-order valence-electron chi connectivity index (χ4n) is 3.49. The maximum Gasteiger partial charge on any atom is 0.276 e. The highest BCUT2D eigenvalue weighted by Crippen LogP contribution is 2.34. The highest BCUT2D eigenvalue weighted by atomic mass is 32.1. The van der Waals surface area contributed by atoms with Gasteiger partial charge in [0.25, 0.3) is 5.91 Å². The van der Waals surface area contributed by atoms with E-state index in [1.54, 1.807) is 40.7 Å². The van der Waals surface area contributed by atoms with Gasteiger partial charge in [-0.15, -0.1) is 0 Å². The number of furan rings is 1. The summed E-state index contributed by atoms with van der Waals surface area (Å²) >= 11 is 1.65. The van der Waals surface area contributed by atoms with Gasteiger partial charge in [0.05, 0.1) is 17.6 Å². The molecule has 8 nitrogen and oxygen atoms in total. The minimum Gasteiger partial charge on any atom is -0.492 e. The summed E-state index contributed by atoms with van der Waals surface area (Å²) in [4.78, 5) is 21.6. The van der Waals surface area contributed by atoms with Crippen LogP contribution in [0.2, 0.25) is 0 Å². The molecule has 0 aliphatic carbocycles. The van der Waals surface area contributed by atoms with Gasteiger partial charge in [0.2, 0.25) is 5.76 Å². The number of para-hydroxylation sites is 1. The van der Waals surface area contributed by atoms with Gasteiger partial charge in [-0.2, -0.15) is 0 Å². The van der Waals surface area contributed by atoms with Crippen LogP contribution in [-0.2, 0) is 0 Å². The van der Waals surface area contributed by atoms with E-state index in [1.807, 2.05) is 19.1 Å². The first-order chi connectivity index (χ1) is 14.7. The monoisotopic (exact) mass is 424 g/mol. The van der Waals surface area contributed by atoms with E-state index in [0.29, 0.717) is 44.3 Å². The molecular formula is C21H20N4O4S. The van der Waals surface area contributed by atoms with Crippen molar-refractivity contribution in [3.8, 4) is 17.3 Å². The number of amides is 1. The average Bonchev–Trinajstić information content (AvgIpc) is 3.54. The SMILES string of the molecule is CCOc1cccc2sc(N3CCN(C(=O)c4cc(-c5ccco5)on4)CC3)nc12. The Morgan fingerprint density at radius 3 is 2.80 bits per heavy atom. The predicted octanol–water partition coefficient (Wildman–Crippen LogP) is 3.91. The van der Waals surface area contributed by atoms with Crippen LogP contribution < -0.4 is 9.64 Å². The summed E-state index contributed by atoms with van der Waals surface area (Å²) in [6.45, 7) is 5.17. The number of carbonyl (C=O) groups excluding carboxylic acids is 1. The van der Waals surface area contributed by atoms with Gasteiger partial charge < -0.3 is 23.5 Å². The van der Waals surface area contributed by atoms with Crippen LogP contribution in [-0.4, -0.2) is 53.7 Å². The Morgan fingerprint density at radius 1 is 1.17 bits per heavy atom. The molecule has 1 aliphatic heterocycles. The van der Waals surface area contributed by atoms with Crippen LogP contribution in [0, 0.1) is 0 Å². The van der Waals surface area contributed by atoms with Gasteiger partial charge >= 0.3 is 0 Å². The van der Waals surface area contributed by atoms with Crippen LogP contribution in [0.1, 0.15) is 17.4 Å². The number of hydrogen-bond acceptors (Lipinski definition) is 8. The van der Waals surface area contributed by atoms with E-state index < -0.39 is 0 Å². The summed E-state index contributed by atoms with van der Waals surface area (Å²) in [5, 5.41) is 4.87. The fraction of sp³-hybridized carbons (Fsp3) is 0.286. The van der Waals surface area contributed by atoms with Crippen LogP contribution >= 0.6 is 11.3 Å². The predicted molar refractivity (Wildman–Crippen MR) is 113 cm³/mol. The smallest absolute Gasteiger partial charge is 0.276 e. The van der Waals surface area contributed by atoms with Crippen molar-refractivity contribution in [3.63, 3.8) is 0 Å². The number of benzene rings is 1. The maximum absolute atomic E-state index is 12.8. The lowest BCUT2D eigenvalue weighted by atomic mass is 10.2.